The number of aromatic nitrogens is 1. The number of aliphatic hydroxyl groups is 1. The molecule has 10 heavy (non-hydrogen) atoms. The third-order valence-corrected chi connectivity index (χ3v) is 1.43. The predicted octanol–water partition coefficient (Wildman–Crippen LogP) is 1.26. The van der Waals surface area contributed by atoms with Gasteiger partial charge in [0, 0.05) is 6.07 Å². The molecule has 0 saturated heterocycles. The van der Waals surface area contributed by atoms with Gasteiger partial charge in [0.25, 0.3) is 0 Å². The van der Waals surface area contributed by atoms with Crippen molar-refractivity contribution in [2.75, 3.05) is 5.88 Å². The fourth-order valence-electron chi connectivity index (χ4n) is 0.622. The Morgan fingerprint density at radius 2 is 2.60 bits per heavy atom. The Labute approximate surface area is 63.6 Å². The van der Waals surface area contributed by atoms with E-state index in [1.54, 1.807) is 13.0 Å². The number of aliphatic hydroxyl groups excluding tert-OH is 1. The van der Waals surface area contributed by atoms with Gasteiger partial charge in [-0.1, -0.05) is 5.16 Å². The van der Waals surface area contributed by atoms with E-state index in [0.717, 1.165) is 0 Å². The maximum absolute atomic E-state index is 9.09. The van der Waals surface area contributed by atoms with Crippen LogP contribution in [-0.2, 0) is 0 Å². The van der Waals surface area contributed by atoms with Gasteiger partial charge in [0.05, 0.1) is 5.88 Å². The van der Waals surface area contributed by atoms with Crippen molar-refractivity contribution in [3.05, 3.63) is 17.5 Å². The standard InChI is InChI=1S/C6H8ClNO2/c1-4-2-5(8-10-4)6(9)3-7/h2,6,9H,3H2,1H3. The Kier molecular flexibility index (Phi) is 2.29. The average molecular weight is 162 g/mol. The summed E-state index contributed by atoms with van der Waals surface area (Å²) in [6.45, 7) is 1.76. The van der Waals surface area contributed by atoms with Gasteiger partial charge in [0.15, 0.2) is 0 Å². The molecule has 0 aliphatic rings. The van der Waals surface area contributed by atoms with E-state index in [1.165, 1.54) is 0 Å². The van der Waals surface area contributed by atoms with E-state index in [9.17, 15) is 0 Å². The van der Waals surface area contributed by atoms with Crippen LogP contribution in [0.15, 0.2) is 10.6 Å². The minimum Gasteiger partial charge on any atom is -0.385 e. The Hall–Kier alpha value is -0.540. The van der Waals surface area contributed by atoms with E-state index in [0.29, 0.717) is 11.5 Å². The van der Waals surface area contributed by atoms with Crippen LogP contribution >= 0.6 is 11.6 Å². The van der Waals surface area contributed by atoms with Gasteiger partial charge in [-0.2, -0.15) is 0 Å². The summed E-state index contributed by atoms with van der Waals surface area (Å²) in [5, 5.41) is 12.7. The van der Waals surface area contributed by atoms with Crippen molar-refractivity contribution in [2.45, 2.75) is 13.0 Å². The van der Waals surface area contributed by atoms with Crippen molar-refractivity contribution in [2.24, 2.45) is 0 Å². The third-order valence-electron chi connectivity index (χ3n) is 1.13. The summed E-state index contributed by atoms with van der Waals surface area (Å²) in [5.74, 6) is 0.825. The fraction of sp³-hybridized carbons (Fsp3) is 0.500. The molecule has 0 amide bonds. The van der Waals surface area contributed by atoms with Gasteiger partial charge < -0.3 is 9.63 Å². The van der Waals surface area contributed by atoms with E-state index in [2.05, 4.69) is 5.16 Å². The van der Waals surface area contributed by atoms with E-state index in [1.807, 2.05) is 0 Å². The van der Waals surface area contributed by atoms with Crippen molar-refractivity contribution in [3.63, 3.8) is 0 Å². The highest BCUT2D eigenvalue weighted by atomic mass is 35.5. The monoisotopic (exact) mass is 161 g/mol. The van der Waals surface area contributed by atoms with E-state index < -0.39 is 6.10 Å². The summed E-state index contributed by atoms with van der Waals surface area (Å²) in [6.07, 6.45) is -0.709. The molecule has 4 heteroatoms. The van der Waals surface area contributed by atoms with E-state index in [4.69, 9.17) is 21.2 Å². The molecule has 0 aliphatic heterocycles. The highest BCUT2D eigenvalue weighted by Gasteiger charge is 2.09. The zero-order valence-corrected chi connectivity index (χ0v) is 6.30. The van der Waals surface area contributed by atoms with Gasteiger partial charge in [-0.25, -0.2) is 0 Å². The third kappa shape index (κ3) is 1.49. The molecule has 3 nitrogen and oxygen atoms in total. The minimum absolute atomic E-state index is 0.145. The number of halogens is 1. The topological polar surface area (TPSA) is 46.3 Å². The zero-order chi connectivity index (χ0) is 7.56. The SMILES string of the molecule is Cc1cc(C(O)CCl)no1. The smallest absolute Gasteiger partial charge is 0.134 e. The quantitative estimate of drug-likeness (QED) is 0.665. The number of hydrogen-bond donors (Lipinski definition) is 1. The van der Waals surface area contributed by atoms with Crippen molar-refractivity contribution in [1.29, 1.82) is 0 Å². The van der Waals surface area contributed by atoms with E-state index in [-0.39, 0.29) is 5.88 Å². The fourth-order valence-corrected chi connectivity index (χ4v) is 0.780. The molecule has 0 spiro atoms. The van der Waals surface area contributed by atoms with Crippen LogP contribution in [0.4, 0.5) is 0 Å². The first-order chi connectivity index (χ1) is 4.74. The number of aryl methyl sites for hydroxylation is 1. The van der Waals surface area contributed by atoms with Crippen molar-refractivity contribution >= 4 is 11.6 Å². The van der Waals surface area contributed by atoms with Gasteiger partial charge in [0.1, 0.15) is 17.6 Å². The maximum Gasteiger partial charge on any atom is 0.134 e. The molecular formula is C6H8ClNO2. The predicted molar refractivity (Wildman–Crippen MR) is 36.9 cm³/mol. The van der Waals surface area contributed by atoms with E-state index >= 15 is 0 Å². The summed E-state index contributed by atoms with van der Waals surface area (Å²) >= 11 is 5.36. The number of rotatable bonds is 2. The lowest BCUT2D eigenvalue weighted by Gasteiger charge is -1.97. The van der Waals surface area contributed by atoms with Gasteiger partial charge >= 0.3 is 0 Å². The molecule has 56 valence electrons. The van der Waals surface area contributed by atoms with Crippen LogP contribution in [0.3, 0.4) is 0 Å². The molecule has 0 bridgehead atoms. The molecule has 1 aromatic rings. The first-order valence-electron chi connectivity index (χ1n) is 2.91. The molecule has 1 N–H and O–H groups in total. The number of hydrogen-bond acceptors (Lipinski definition) is 3. The average Bonchev–Trinajstić information content (AvgIpc) is 2.34. The Bertz CT molecular complexity index is 211. The molecule has 1 heterocycles. The lowest BCUT2D eigenvalue weighted by atomic mass is 10.3. The number of nitrogens with zero attached hydrogens (tertiary/aromatic N) is 1. The summed E-state index contributed by atoms with van der Waals surface area (Å²) in [7, 11) is 0. The summed E-state index contributed by atoms with van der Waals surface area (Å²) in [4.78, 5) is 0. The second-order valence-electron chi connectivity index (χ2n) is 2.03. The lowest BCUT2D eigenvalue weighted by molar-refractivity contribution is 0.191. The maximum atomic E-state index is 9.09. The molecule has 1 aromatic heterocycles. The van der Waals surface area contributed by atoms with Crippen LogP contribution in [0.1, 0.15) is 17.6 Å². The lowest BCUT2D eigenvalue weighted by Crippen LogP contribution is -1.97. The molecule has 0 radical (unpaired) electrons. The van der Waals surface area contributed by atoms with Gasteiger partial charge in [-0.05, 0) is 6.92 Å². The highest BCUT2D eigenvalue weighted by molar-refractivity contribution is 6.18. The summed E-state index contributed by atoms with van der Waals surface area (Å²) in [6, 6.07) is 1.66. The molecule has 0 fully saturated rings. The second kappa shape index (κ2) is 3.03. The summed E-state index contributed by atoms with van der Waals surface area (Å²) < 4.78 is 4.72. The molecule has 1 unspecified atom stereocenters. The van der Waals surface area contributed by atoms with Crippen LogP contribution in [0.5, 0.6) is 0 Å². The molecule has 0 saturated carbocycles. The van der Waals surface area contributed by atoms with Crippen LogP contribution in [0.2, 0.25) is 0 Å². The van der Waals surface area contributed by atoms with Gasteiger partial charge in [-0.15, -0.1) is 11.6 Å². The van der Waals surface area contributed by atoms with Crippen LogP contribution in [0.25, 0.3) is 0 Å². The van der Waals surface area contributed by atoms with Crippen LogP contribution in [0, 0.1) is 6.92 Å². The molecule has 1 atom stereocenters. The summed E-state index contributed by atoms with van der Waals surface area (Å²) in [5.41, 5.74) is 0.493. The molecule has 0 aliphatic carbocycles. The first-order valence-corrected chi connectivity index (χ1v) is 3.44. The largest absolute Gasteiger partial charge is 0.385 e. The van der Waals surface area contributed by atoms with Gasteiger partial charge in [-0.3, -0.25) is 0 Å². The zero-order valence-electron chi connectivity index (χ0n) is 5.54. The minimum atomic E-state index is -0.709. The normalized spacial score (nSPS) is 13.5. The Morgan fingerprint density at radius 3 is 3.00 bits per heavy atom. The molecular weight excluding hydrogens is 154 g/mol. The van der Waals surface area contributed by atoms with Crippen LogP contribution in [-0.4, -0.2) is 16.1 Å². The molecule has 1 rings (SSSR count). The number of alkyl halides is 1. The molecule has 0 aromatic carbocycles. The van der Waals surface area contributed by atoms with Gasteiger partial charge in [0.2, 0.25) is 0 Å². The van der Waals surface area contributed by atoms with Crippen LogP contribution < -0.4 is 0 Å². The van der Waals surface area contributed by atoms with Crippen molar-refractivity contribution < 1.29 is 9.63 Å². The Morgan fingerprint density at radius 1 is 1.90 bits per heavy atom. The van der Waals surface area contributed by atoms with Crippen molar-refractivity contribution in [3.8, 4) is 0 Å². The van der Waals surface area contributed by atoms with Crippen molar-refractivity contribution in [1.82, 2.24) is 5.16 Å². The highest BCUT2D eigenvalue weighted by Crippen LogP contribution is 2.12. The first kappa shape index (κ1) is 7.57. The second-order valence-corrected chi connectivity index (χ2v) is 2.34. The Balaban J connectivity index is 2.74.